The minimum Gasteiger partial charge on any atom is -0.361 e. The van der Waals surface area contributed by atoms with Crippen molar-refractivity contribution in [3.8, 4) is 0 Å². The van der Waals surface area contributed by atoms with Gasteiger partial charge < -0.3 is 4.52 Å². The van der Waals surface area contributed by atoms with Crippen LogP contribution in [0.2, 0.25) is 0 Å². The summed E-state index contributed by atoms with van der Waals surface area (Å²) in [5, 5.41) is 3.97. The number of aryl methyl sites for hydroxylation is 3. The van der Waals surface area contributed by atoms with E-state index in [2.05, 4.69) is 5.16 Å². The molecule has 0 N–H and O–H groups in total. The molecule has 0 saturated carbocycles. The van der Waals surface area contributed by atoms with Crippen LogP contribution in [0.15, 0.2) is 33.7 Å². The average molecular weight is 320 g/mol. The van der Waals surface area contributed by atoms with Gasteiger partial charge in [-0.1, -0.05) is 23.4 Å². The number of aromatic nitrogens is 1. The van der Waals surface area contributed by atoms with Crippen molar-refractivity contribution in [1.29, 1.82) is 0 Å². The molecule has 118 valence electrons. The van der Waals surface area contributed by atoms with E-state index in [-0.39, 0.29) is 6.04 Å². The minimum absolute atomic E-state index is 0.184. The molecule has 0 spiro atoms. The van der Waals surface area contributed by atoms with Crippen LogP contribution in [0.3, 0.4) is 0 Å². The maximum Gasteiger partial charge on any atom is 0.243 e. The molecule has 5 nitrogen and oxygen atoms in total. The van der Waals surface area contributed by atoms with Gasteiger partial charge in [0.2, 0.25) is 10.0 Å². The number of hydrogen-bond acceptors (Lipinski definition) is 4. The van der Waals surface area contributed by atoms with E-state index in [0.29, 0.717) is 17.2 Å². The summed E-state index contributed by atoms with van der Waals surface area (Å²) in [6, 6.07) is 6.93. The highest BCUT2D eigenvalue weighted by Gasteiger charge is 2.39. The number of benzene rings is 1. The smallest absolute Gasteiger partial charge is 0.243 e. The van der Waals surface area contributed by atoms with Gasteiger partial charge in [0.1, 0.15) is 5.76 Å². The minimum atomic E-state index is -3.51. The molecular formula is C16H20N2O3S. The fourth-order valence-electron chi connectivity index (χ4n) is 3.25. The third-order valence-electron chi connectivity index (χ3n) is 4.31. The molecule has 0 amide bonds. The van der Waals surface area contributed by atoms with E-state index in [9.17, 15) is 8.42 Å². The van der Waals surface area contributed by atoms with Crippen molar-refractivity contribution in [2.24, 2.45) is 0 Å². The Labute approximate surface area is 131 Å². The molecule has 0 aliphatic carbocycles. The summed E-state index contributed by atoms with van der Waals surface area (Å²) in [6.45, 7) is 6.06. The number of hydrogen-bond donors (Lipinski definition) is 0. The molecule has 1 aliphatic rings. The monoisotopic (exact) mass is 320 g/mol. The van der Waals surface area contributed by atoms with Gasteiger partial charge in [-0.2, -0.15) is 4.31 Å². The first-order valence-electron chi connectivity index (χ1n) is 7.43. The van der Waals surface area contributed by atoms with Gasteiger partial charge in [0, 0.05) is 12.1 Å². The zero-order valence-electron chi connectivity index (χ0n) is 13.0. The molecule has 3 rings (SSSR count). The predicted molar refractivity (Wildman–Crippen MR) is 83.0 cm³/mol. The Bertz CT molecular complexity index is 776. The van der Waals surface area contributed by atoms with Gasteiger partial charge in [-0.15, -0.1) is 0 Å². The summed E-state index contributed by atoms with van der Waals surface area (Å²) in [5.41, 5.74) is 2.45. The molecule has 2 aromatic rings. The average Bonchev–Trinajstić information content (AvgIpc) is 3.06. The maximum absolute atomic E-state index is 13.1. The second-order valence-electron chi connectivity index (χ2n) is 5.78. The van der Waals surface area contributed by atoms with Crippen molar-refractivity contribution in [3.05, 3.63) is 46.8 Å². The highest BCUT2D eigenvalue weighted by molar-refractivity contribution is 7.89. The van der Waals surface area contributed by atoms with Crippen molar-refractivity contribution in [2.45, 2.75) is 44.6 Å². The van der Waals surface area contributed by atoms with Gasteiger partial charge in [-0.05, 0) is 45.2 Å². The van der Waals surface area contributed by atoms with Crippen molar-refractivity contribution in [1.82, 2.24) is 9.46 Å². The summed E-state index contributed by atoms with van der Waals surface area (Å²) in [7, 11) is -3.51. The molecule has 1 saturated heterocycles. The summed E-state index contributed by atoms with van der Waals surface area (Å²) in [5.74, 6) is 0.703. The first kappa shape index (κ1) is 15.2. The molecule has 22 heavy (non-hydrogen) atoms. The number of nitrogens with zero attached hydrogens (tertiary/aromatic N) is 2. The predicted octanol–water partition coefficient (Wildman–Crippen LogP) is 3.13. The fourth-order valence-corrected chi connectivity index (χ4v) is 5.15. The normalized spacial score (nSPS) is 19.7. The van der Waals surface area contributed by atoms with E-state index in [1.165, 1.54) is 0 Å². The summed E-state index contributed by atoms with van der Waals surface area (Å²) >= 11 is 0. The van der Waals surface area contributed by atoms with Crippen molar-refractivity contribution in [2.75, 3.05) is 6.54 Å². The van der Waals surface area contributed by atoms with Crippen LogP contribution in [0.5, 0.6) is 0 Å². The van der Waals surface area contributed by atoms with Crippen molar-refractivity contribution in [3.63, 3.8) is 0 Å². The molecule has 1 aromatic carbocycles. The quantitative estimate of drug-likeness (QED) is 0.871. The highest BCUT2D eigenvalue weighted by atomic mass is 32.2. The number of rotatable bonds is 3. The lowest BCUT2D eigenvalue weighted by Crippen LogP contribution is -2.31. The largest absolute Gasteiger partial charge is 0.361 e. The standard InChI is InChI=1S/C16H20N2O3S/c1-11-7-4-5-9-15(11)22(19,20)18-10-6-8-14(18)16-12(2)17-21-13(16)3/h4-5,7,9,14H,6,8,10H2,1-3H3/t14-/m0/s1. The lowest BCUT2D eigenvalue weighted by molar-refractivity contribution is 0.376. The van der Waals surface area contributed by atoms with Crippen LogP contribution in [0, 0.1) is 20.8 Å². The van der Waals surface area contributed by atoms with Gasteiger partial charge >= 0.3 is 0 Å². The van der Waals surface area contributed by atoms with Gasteiger partial charge in [-0.3, -0.25) is 0 Å². The van der Waals surface area contributed by atoms with E-state index in [0.717, 1.165) is 29.7 Å². The van der Waals surface area contributed by atoms with E-state index in [1.807, 2.05) is 32.9 Å². The molecule has 0 unspecified atom stereocenters. The Balaban J connectivity index is 2.06. The Hall–Kier alpha value is -1.66. The Kier molecular flexibility index (Phi) is 3.82. The lowest BCUT2D eigenvalue weighted by Gasteiger charge is -2.24. The lowest BCUT2D eigenvalue weighted by atomic mass is 10.0. The second kappa shape index (κ2) is 5.52. The zero-order chi connectivity index (χ0) is 15.9. The summed E-state index contributed by atoms with van der Waals surface area (Å²) < 4.78 is 32.9. The van der Waals surface area contributed by atoms with Crippen LogP contribution in [-0.4, -0.2) is 24.4 Å². The van der Waals surface area contributed by atoms with Crippen LogP contribution in [0.25, 0.3) is 0 Å². The van der Waals surface area contributed by atoms with E-state index < -0.39 is 10.0 Å². The molecule has 1 aliphatic heterocycles. The highest BCUT2D eigenvalue weighted by Crippen LogP contribution is 2.39. The molecular weight excluding hydrogens is 300 g/mol. The first-order chi connectivity index (χ1) is 10.4. The Morgan fingerprint density at radius 1 is 1.23 bits per heavy atom. The molecule has 2 heterocycles. The molecule has 0 radical (unpaired) electrons. The summed E-state index contributed by atoms with van der Waals surface area (Å²) in [4.78, 5) is 0.383. The van der Waals surface area contributed by atoms with Crippen LogP contribution in [0.4, 0.5) is 0 Å². The number of sulfonamides is 1. The zero-order valence-corrected chi connectivity index (χ0v) is 13.9. The van der Waals surface area contributed by atoms with E-state index in [1.54, 1.807) is 16.4 Å². The summed E-state index contributed by atoms with van der Waals surface area (Å²) in [6.07, 6.45) is 1.65. The Morgan fingerprint density at radius 3 is 2.59 bits per heavy atom. The Morgan fingerprint density at radius 2 is 1.95 bits per heavy atom. The van der Waals surface area contributed by atoms with Crippen LogP contribution in [-0.2, 0) is 10.0 Å². The van der Waals surface area contributed by atoms with Gasteiger partial charge in [-0.25, -0.2) is 8.42 Å². The molecule has 1 aromatic heterocycles. The maximum atomic E-state index is 13.1. The third kappa shape index (κ3) is 2.36. The van der Waals surface area contributed by atoms with Crippen molar-refractivity contribution < 1.29 is 12.9 Å². The first-order valence-corrected chi connectivity index (χ1v) is 8.87. The van der Waals surface area contributed by atoms with Crippen molar-refractivity contribution >= 4 is 10.0 Å². The van der Waals surface area contributed by atoms with Gasteiger partial charge in [0.15, 0.2) is 0 Å². The molecule has 6 heteroatoms. The van der Waals surface area contributed by atoms with Gasteiger partial charge in [0.25, 0.3) is 0 Å². The van der Waals surface area contributed by atoms with Gasteiger partial charge in [0.05, 0.1) is 16.6 Å². The van der Waals surface area contributed by atoms with Crippen LogP contribution >= 0.6 is 0 Å². The molecule has 0 bridgehead atoms. The third-order valence-corrected chi connectivity index (χ3v) is 6.37. The molecule has 1 fully saturated rings. The topological polar surface area (TPSA) is 63.4 Å². The van der Waals surface area contributed by atoms with Crippen LogP contribution < -0.4 is 0 Å². The van der Waals surface area contributed by atoms with Crippen LogP contribution in [0.1, 0.15) is 41.5 Å². The van der Waals surface area contributed by atoms with E-state index >= 15 is 0 Å². The SMILES string of the molecule is Cc1ccccc1S(=O)(=O)N1CCC[C@H]1c1c(C)noc1C. The second-order valence-corrected chi connectivity index (χ2v) is 7.64. The van der Waals surface area contributed by atoms with E-state index in [4.69, 9.17) is 4.52 Å². The molecule has 1 atom stereocenters. The fraction of sp³-hybridized carbons (Fsp3) is 0.438.